The van der Waals surface area contributed by atoms with E-state index in [4.69, 9.17) is 0 Å². The molecule has 2 aliphatic rings. The third kappa shape index (κ3) is 1.18. The van der Waals surface area contributed by atoms with Gasteiger partial charge >= 0.3 is 0 Å². The van der Waals surface area contributed by atoms with E-state index < -0.39 is 0 Å². The summed E-state index contributed by atoms with van der Waals surface area (Å²) in [5.74, 6) is 0.950. The molecular weight excluding hydrogens is 124 g/mol. The molecule has 57 valence electrons. The van der Waals surface area contributed by atoms with Gasteiger partial charge in [0.05, 0.1) is 0 Å². The summed E-state index contributed by atoms with van der Waals surface area (Å²) in [7, 11) is 0. The minimum atomic E-state index is 0.738. The van der Waals surface area contributed by atoms with Crippen molar-refractivity contribution in [1.82, 2.24) is 10.6 Å². The first-order chi connectivity index (χ1) is 4.97. The van der Waals surface area contributed by atoms with Gasteiger partial charge in [0.2, 0.25) is 0 Å². The van der Waals surface area contributed by atoms with Crippen LogP contribution < -0.4 is 10.6 Å². The van der Waals surface area contributed by atoms with Crippen molar-refractivity contribution in [3.63, 3.8) is 0 Å². The number of nitrogens with one attached hydrogen (secondary N) is 1. The maximum Gasteiger partial charge on any atom is 0.0290 e. The number of piperidine rings is 2. The third-order valence-corrected chi connectivity index (χ3v) is 2.71. The summed E-state index contributed by atoms with van der Waals surface area (Å²) >= 11 is 0. The fourth-order valence-corrected chi connectivity index (χ4v) is 2.07. The zero-order chi connectivity index (χ0) is 6.81. The van der Waals surface area contributed by atoms with Gasteiger partial charge in [-0.3, -0.25) is 0 Å². The molecule has 2 unspecified atom stereocenters. The molecule has 2 saturated heterocycles. The summed E-state index contributed by atoms with van der Waals surface area (Å²) in [6.07, 6.45) is 4.14. The molecule has 0 saturated carbocycles. The molecule has 1 N–H and O–H groups in total. The number of rotatable bonds is 0. The number of fused-ring (bicyclic) bond motifs is 1. The van der Waals surface area contributed by atoms with Gasteiger partial charge in [-0.1, -0.05) is 0 Å². The zero-order valence-corrected chi connectivity index (χ0v) is 6.34. The maximum absolute atomic E-state index is 4.40. The topological polar surface area (TPSA) is 26.1 Å². The number of hydrogen-bond acceptors (Lipinski definition) is 1. The summed E-state index contributed by atoms with van der Waals surface area (Å²) in [5, 5.41) is 7.93. The Kier molecular flexibility index (Phi) is 1.91. The highest BCUT2D eigenvalue weighted by Crippen LogP contribution is 2.21. The van der Waals surface area contributed by atoms with Gasteiger partial charge in [-0.05, 0) is 31.7 Å². The number of hydrogen-bond donors (Lipinski definition) is 1. The molecule has 0 spiro atoms. The Bertz CT molecular complexity index is 87.8. The molecule has 2 nitrogen and oxygen atoms in total. The van der Waals surface area contributed by atoms with Crippen LogP contribution in [0.4, 0.5) is 0 Å². The smallest absolute Gasteiger partial charge is 0.0290 e. The van der Waals surface area contributed by atoms with Crippen molar-refractivity contribution in [2.75, 3.05) is 19.6 Å². The van der Waals surface area contributed by atoms with Gasteiger partial charge in [0.25, 0.3) is 0 Å². The van der Waals surface area contributed by atoms with Gasteiger partial charge in [0, 0.05) is 19.1 Å². The minimum absolute atomic E-state index is 0.738. The largest absolute Gasteiger partial charge is 0.312 e. The Balaban J connectivity index is 1.93. The second-order valence-corrected chi connectivity index (χ2v) is 3.38. The Morgan fingerprint density at radius 3 is 3.20 bits per heavy atom. The highest BCUT2D eigenvalue weighted by atomic mass is 15.0. The second kappa shape index (κ2) is 2.89. The summed E-state index contributed by atoms with van der Waals surface area (Å²) in [6, 6.07) is 0.738. The number of nitrogens with zero attached hydrogens (tertiary/aromatic N) is 1. The average molecular weight is 139 g/mol. The van der Waals surface area contributed by atoms with Gasteiger partial charge in [-0.2, -0.15) is 0 Å². The van der Waals surface area contributed by atoms with Crippen LogP contribution in [0.1, 0.15) is 19.3 Å². The van der Waals surface area contributed by atoms with Crippen LogP contribution in [-0.2, 0) is 0 Å². The quantitative estimate of drug-likeness (QED) is 0.515. The monoisotopic (exact) mass is 139 g/mol. The lowest BCUT2D eigenvalue weighted by Gasteiger charge is -2.35. The molecule has 0 bridgehead atoms. The SMILES string of the molecule is C1CNC2C[N]CCC2C1. The highest BCUT2D eigenvalue weighted by molar-refractivity contribution is 4.86. The van der Waals surface area contributed by atoms with Crippen molar-refractivity contribution < 1.29 is 0 Å². The fourth-order valence-electron chi connectivity index (χ4n) is 2.07. The van der Waals surface area contributed by atoms with Crippen LogP contribution in [-0.4, -0.2) is 25.7 Å². The van der Waals surface area contributed by atoms with Gasteiger partial charge in [-0.25, -0.2) is 5.32 Å². The van der Waals surface area contributed by atoms with E-state index in [0.29, 0.717) is 0 Å². The summed E-state index contributed by atoms with van der Waals surface area (Å²) in [6.45, 7) is 3.41. The Morgan fingerprint density at radius 2 is 2.30 bits per heavy atom. The van der Waals surface area contributed by atoms with Crippen LogP contribution in [0.3, 0.4) is 0 Å². The summed E-state index contributed by atoms with van der Waals surface area (Å²) in [5.41, 5.74) is 0. The van der Waals surface area contributed by atoms with Crippen LogP contribution in [0.2, 0.25) is 0 Å². The van der Waals surface area contributed by atoms with Gasteiger partial charge in [-0.15, -0.1) is 0 Å². The standard InChI is InChI=1S/C8H15N2/c1-2-7-3-5-9-6-8(7)10-4-1/h7-8,10H,1-6H2. The lowest BCUT2D eigenvalue weighted by atomic mass is 9.86. The molecule has 2 heterocycles. The fraction of sp³-hybridized carbons (Fsp3) is 1.00. The molecule has 2 heteroatoms. The lowest BCUT2D eigenvalue weighted by molar-refractivity contribution is 0.222. The van der Waals surface area contributed by atoms with Crippen LogP contribution in [0.25, 0.3) is 0 Å². The molecule has 10 heavy (non-hydrogen) atoms. The van der Waals surface area contributed by atoms with Gasteiger partial charge in [0.15, 0.2) is 0 Å². The highest BCUT2D eigenvalue weighted by Gasteiger charge is 2.27. The molecule has 0 aromatic rings. The average Bonchev–Trinajstić information content (AvgIpc) is 2.05. The third-order valence-electron chi connectivity index (χ3n) is 2.71. The molecule has 2 rings (SSSR count). The van der Waals surface area contributed by atoms with Gasteiger partial charge < -0.3 is 5.32 Å². The van der Waals surface area contributed by atoms with Crippen LogP contribution >= 0.6 is 0 Å². The van der Waals surface area contributed by atoms with E-state index in [-0.39, 0.29) is 0 Å². The van der Waals surface area contributed by atoms with Crippen molar-refractivity contribution in [2.24, 2.45) is 5.92 Å². The molecule has 1 radical (unpaired) electrons. The Labute approximate surface area is 62.4 Å². The first-order valence-electron chi connectivity index (χ1n) is 4.33. The van der Waals surface area contributed by atoms with E-state index in [1.165, 1.54) is 25.8 Å². The van der Waals surface area contributed by atoms with E-state index in [0.717, 1.165) is 25.0 Å². The first kappa shape index (κ1) is 6.62. The predicted octanol–water partition coefficient (Wildman–Crippen LogP) is 0.363. The molecule has 0 aromatic heterocycles. The van der Waals surface area contributed by atoms with Crippen LogP contribution in [0.5, 0.6) is 0 Å². The van der Waals surface area contributed by atoms with E-state index in [2.05, 4.69) is 10.6 Å². The van der Waals surface area contributed by atoms with Crippen LogP contribution in [0.15, 0.2) is 0 Å². The molecule has 2 atom stereocenters. The summed E-state index contributed by atoms with van der Waals surface area (Å²) in [4.78, 5) is 0. The van der Waals surface area contributed by atoms with E-state index in [1.807, 2.05) is 0 Å². The maximum atomic E-state index is 4.40. The van der Waals surface area contributed by atoms with Crippen molar-refractivity contribution in [1.29, 1.82) is 0 Å². The molecular formula is C8H15N2. The van der Waals surface area contributed by atoms with Crippen molar-refractivity contribution in [2.45, 2.75) is 25.3 Å². The lowest BCUT2D eigenvalue weighted by Crippen LogP contribution is -2.49. The summed E-state index contributed by atoms with van der Waals surface area (Å²) < 4.78 is 0. The minimum Gasteiger partial charge on any atom is -0.312 e. The predicted molar refractivity (Wildman–Crippen MR) is 41.0 cm³/mol. The van der Waals surface area contributed by atoms with E-state index >= 15 is 0 Å². The normalized spacial score (nSPS) is 40.8. The first-order valence-corrected chi connectivity index (χ1v) is 4.33. The van der Waals surface area contributed by atoms with E-state index in [9.17, 15) is 0 Å². The van der Waals surface area contributed by atoms with Crippen LogP contribution in [0, 0.1) is 5.92 Å². The van der Waals surface area contributed by atoms with E-state index in [1.54, 1.807) is 0 Å². The molecule has 0 aliphatic carbocycles. The van der Waals surface area contributed by atoms with Crippen molar-refractivity contribution >= 4 is 0 Å². The van der Waals surface area contributed by atoms with Crippen molar-refractivity contribution in [3.8, 4) is 0 Å². The molecule has 0 amide bonds. The van der Waals surface area contributed by atoms with Crippen molar-refractivity contribution in [3.05, 3.63) is 0 Å². The zero-order valence-electron chi connectivity index (χ0n) is 6.34. The molecule has 2 aliphatic heterocycles. The van der Waals surface area contributed by atoms with Gasteiger partial charge in [0.1, 0.15) is 0 Å². The Morgan fingerprint density at radius 1 is 1.30 bits per heavy atom. The Hall–Kier alpha value is -0.0800. The second-order valence-electron chi connectivity index (χ2n) is 3.38. The molecule has 0 aromatic carbocycles. The molecule has 2 fully saturated rings.